The van der Waals surface area contributed by atoms with Gasteiger partial charge in [0.2, 0.25) is 10.0 Å². The lowest BCUT2D eigenvalue weighted by Gasteiger charge is -2.41. The summed E-state index contributed by atoms with van der Waals surface area (Å²) in [5, 5.41) is 4.94. The van der Waals surface area contributed by atoms with E-state index in [1.54, 1.807) is 24.3 Å². The van der Waals surface area contributed by atoms with Crippen molar-refractivity contribution >= 4 is 70.3 Å². The number of nitrogens with zero attached hydrogens (tertiary/aromatic N) is 4. The van der Waals surface area contributed by atoms with Crippen LogP contribution in [0.5, 0.6) is 0 Å². The summed E-state index contributed by atoms with van der Waals surface area (Å²) in [6.45, 7) is 3.66. The smallest absolute Gasteiger partial charge is 0.283 e. The second kappa shape index (κ2) is 11.4. The van der Waals surface area contributed by atoms with Crippen LogP contribution in [0.3, 0.4) is 0 Å². The predicted octanol–water partition coefficient (Wildman–Crippen LogP) is 2.22. The number of morpholine rings is 1. The Morgan fingerprint density at radius 2 is 1.88 bits per heavy atom. The van der Waals surface area contributed by atoms with E-state index in [9.17, 15) is 21.6 Å². The number of thiophene rings is 1. The number of thiazole rings is 1. The summed E-state index contributed by atoms with van der Waals surface area (Å²) >= 11 is 8.54. The number of piperazine rings is 1. The number of nitrogens with one attached hydrogen (secondary N) is 1. The number of halogens is 1. The standard InChI is InChI=1S/C25H30ClN5O6S4/c1-16-10-20-22(13-27-16)39-24(28-20)25(32)31-5-4-30(14-19(31)15-40(33,34)29-6-8-37-9-7-29)41(35,36)23-11-17-2-3-18(26)12-21(17)38-23/h2-3,11-12,16,19,27H,4-10,13-15H2,1H3. The predicted molar refractivity (Wildman–Crippen MR) is 159 cm³/mol. The van der Waals surface area contributed by atoms with Crippen LogP contribution in [0.25, 0.3) is 10.1 Å². The average molecular weight is 660 g/mol. The highest BCUT2D eigenvalue weighted by Crippen LogP contribution is 2.34. The molecule has 5 heterocycles. The van der Waals surface area contributed by atoms with Crippen molar-refractivity contribution in [1.29, 1.82) is 0 Å². The number of carbonyl (C=O) groups excluding carboxylic acids is 1. The summed E-state index contributed by atoms with van der Waals surface area (Å²) in [6.07, 6.45) is 0.709. The molecule has 1 aromatic carbocycles. The maximum Gasteiger partial charge on any atom is 0.283 e. The number of sulfonamides is 2. The fraction of sp³-hybridized carbons (Fsp3) is 0.520. The molecule has 0 saturated carbocycles. The molecule has 2 aromatic heterocycles. The highest BCUT2D eigenvalue weighted by molar-refractivity contribution is 7.91. The molecular formula is C25H30ClN5O6S4. The Balaban J connectivity index is 1.29. The van der Waals surface area contributed by atoms with Gasteiger partial charge < -0.3 is 15.0 Å². The van der Waals surface area contributed by atoms with Gasteiger partial charge in [-0.15, -0.1) is 22.7 Å². The Hall–Kier alpha value is -1.69. The van der Waals surface area contributed by atoms with E-state index in [0.717, 1.165) is 32.0 Å². The topological polar surface area (TPSA) is 129 Å². The lowest BCUT2D eigenvalue weighted by Crippen LogP contribution is -2.59. The average Bonchev–Trinajstić information content (AvgIpc) is 3.57. The van der Waals surface area contributed by atoms with Crippen LogP contribution >= 0.6 is 34.3 Å². The van der Waals surface area contributed by atoms with Gasteiger partial charge in [-0.25, -0.2) is 21.8 Å². The molecule has 3 aliphatic heterocycles. The van der Waals surface area contributed by atoms with Gasteiger partial charge >= 0.3 is 0 Å². The maximum absolute atomic E-state index is 13.8. The summed E-state index contributed by atoms with van der Waals surface area (Å²) in [7, 11) is -7.75. The van der Waals surface area contributed by atoms with E-state index < -0.39 is 31.8 Å². The van der Waals surface area contributed by atoms with Crippen molar-refractivity contribution in [1.82, 2.24) is 23.8 Å². The fourth-order valence-electron chi connectivity index (χ4n) is 5.39. The zero-order chi connectivity index (χ0) is 28.9. The molecule has 3 aliphatic rings. The zero-order valence-corrected chi connectivity index (χ0v) is 26.3. The molecule has 0 spiro atoms. The second-order valence-electron chi connectivity index (χ2n) is 10.4. The third-order valence-corrected chi connectivity index (χ3v) is 14.3. The van der Waals surface area contributed by atoms with Crippen LogP contribution in [-0.4, -0.2) is 105 Å². The molecule has 6 rings (SSSR count). The summed E-state index contributed by atoms with van der Waals surface area (Å²) < 4.78 is 63.3. The molecule has 2 fully saturated rings. The molecule has 2 atom stereocenters. The molecule has 222 valence electrons. The van der Waals surface area contributed by atoms with Crippen LogP contribution in [0.2, 0.25) is 5.02 Å². The Bertz CT molecular complexity index is 1680. The van der Waals surface area contributed by atoms with Crippen molar-refractivity contribution in [3.8, 4) is 0 Å². The van der Waals surface area contributed by atoms with Gasteiger partial charge in [0.15, 0.2) is 5.01 Å². The van der Waals surface area contributed by atoms with Crippen LogP contribution in [0.4, 0.5) is 0 Å². The van der Waals surface area contributed by atoms with E-state index >= 15 is 0 Å². The summed E-state index contributed by atoms with van der Waals surface area (Å²) in [5.74, 6) is -0.760. The van der Waals surface area contributed by atoms with E-state index in [4.69, 9.17) is 16.3 Å². The van der Waals surface area contributed by atoms with Gasteiger partial charge in [-0.05, 0) is 30.5 Å². The number of carbonyl (C=O) groups is 1. The number of fused-ring (bicyclic) bond motifs is 2. The van der Waals surface area contributed by atoms with Gasteiger partial charge in [-0.3, -0.25) is 4.79 Å². The molecular weight excluding hydrogens is 630 g/mol. The minimum atomic E-state index is -3.95. The Labute approximate surface area is 252 Å². The first-order chi connectivity index (χ1) is 19.5. The van der Waals surface area contributed by atoms with E-state index in [1.165, 1.54) is 24.8 Å². The highest BCUT2D eigenvalue weighted by atomic mass is 35.5. The molecule has 0 radical (unpaired) electrons. The van der Waals surface area contributed by atoms with Crippen LogP contribution in [0, 0.1) is 0 Å². The fourth-order valence-corrected chi connectivity index (χ4v) is 11.4. The quantitative estimate of drug-likeness (QED) is 0.427. The lowest BCUT2D eigenvalue weighted by molar-refractivity contribution is 0.0583. The minimum absolute atomic E-state index is 0.0425. The number of amides is 1. The molecule has 1 N–H and O–H groups in total. The number of hydrogen-bond donors (Lipinski definition) is 1. The molecule has 1 amide bonds. The first kappa shape index (κ1) is 29.4. The number of hydrogen-bond acceptors (Lipinski definition) is 10. The Morgan fingerprint density at radius 3 is 2.66 bits per heavy atom. The van der Waals surface area contributed by atoms with Gasteiger partial charge in [0.25, 0.3) is 15.9 Å². The van der Waals surface area contributed by atoms with Gasteiger partial charge in [-0.2, -0.15) is 8.61 Å². The van der Waals surface area contributed by atoms with E-state index in [0.29, 0.717) is 36.2 Å². The van der Waals surface area contributed by atoms with Gasteiger partial charge in [0, 0.05) is 66.3 Å². The van der Waals surface area contributed by atoms with Crippen molar-refractivity contribution in [3.63, 3.8) is 0 Å². The van der Waals surface area contributed by atoms with Crippen LogP contribution in [-0.2, 0) is 37.7 Å². The third kappa shape index (κ3) is 5.93. The molecule has 2 unspecified atom stereocenters. The monoisotopic (exact) mass is 659 g/mol. The molecule has 2 saturated heterocycles. The van der Waals surface area contributed by atoms with Crippen molar-refractivity contribution in [2.75, 3.05) is 51.7 Å². The van der Waals surface area contributed by atoms with Gasteiger partial charge in [0.1, 0.15) is 4.21 Å². The molecule has 3 aromatic rings. The molecule has 41 heavy (non-hydrogen) atoms. The van der Waals surface area contributed by atoms with E-state index in [-0.39, 0.29) is 48.9 Å². The lowest BCUT2D eigenvalue weighted by atomic mass is 10.1. The summed E-state index contributed by atoms with van der Waals surface area (Å²) in [4.78, 5) is 20.9. The van der Waals surface area contributed by atoms with E-state index in [2.05, 4.69) is 17.2 Å². The van der Waals surface area contributed by atoms with Gasteiger partial charge in [-0.1, -0.05) is 17.7 Å². The SMILES string of the molecule is CC1Cc2nc(C(=O)N3CCN(S(=O)(=O)c4cc5ccc(Cl)cc5s4)CC3CS(=O)(=O)N3CCOCC3)sc2CN1. The van der Waals surface area contributed by atoms with Crippen LogP contribution < -0.4 is 5.32 Å². The van der Waals surface area contributed by atoms with Gasteiger partial charge in [0.05, 0.1) is 30.7 Å². The summed E-state index contributed by atoms with van der Waals surface area (Å²) in [6, 6.07) is 6.16. The van der Waals surface area contributed by atoms with Crippen molar-refractivity contribution in [3.05, 3.63) is 44.9 Å². The van der Waals surface area contributed by atoms with Crippen molar-refractivity contribution in [2.45, 2.75) is 36.2 Å². The second-order valence-corrected chi connectivity index (χ2v) is 17.2. The molecule has 0 bridgehead atoms. The number of aromatic nitrogens is 1. The maximum atomic E-state index is 13.8. The summed E-state index contributed by atoms with van der Waals surface area (Å²) in [5.41, 5.74) is 0.883. The Morgan fingerprint density at radius 1 is 1.10 bits per heavy atom. The van der Waals surface area contributed by atoms with Crippen molar-refractivity contribution < 1.29 is 26.4 Å². The van der Waals surface area contributed by atoms with E-state index in [1.807, 2.05) is 0 Å². The van der Waals surface area contributed by atoms with Crippen LogP contribution in [0.15, 0.2) is 28.5 Å². The largest absolute Gasteiger partial charge is 0.379 e. The molecule has 0 aliphatic carbocycles. The first-order valence-electron chi connectivity index (χ1n) is 13.3. The molecule has 11 nitrogen and oxygen atoms in total. The van der Waals surface area contributed by atoms with Crippen molar-refractivity contribution in [2.24, 2.45) is 0 Å². The zero-order valence-electron chi connectivity index (χ0n) is 22.3. The normalized spacial score (nSPS) is 23.1. The third-order valence-electron chi connectivity index (χ3n) is 7.60. The Kier molecular flexibility index (Phi) is 8.19. The highest BCUT2D eigenvalue weighted by Gasteiger charge is 2.41. The first-order valence-corrected chi connectivity index (χ1v) is 18.3. The number of rotatable bonds is 6. The molecule has 16 heteroatoms. The number of benzene rings is 1. The minimum Gasteiger partial charge on any atom is -0.379 e. The number of ether oxygens (including phenoxy) is 1. The van der Waals surface area contributed by atoms with Crippen LogP contribution in [0.1, 0.15) is 27.3 Å².